The van der Waals surface area contributed by atoms with Crippen LogP contribution in [0.4, 0.5) is 0 Å². The summed E-state index contributed by atoms with van der Waals surface area (Å²) in [5.41, 5.74) is 0. The van der Waals surface area contributed by atoms with Crippen LogP contribution in [-0.2, 0) is 0 Å². The minimum absolute atomic E-state index is 0.101. The number of hydrogen-bond donors (Lipinski definition) is 0. The first-order chi connectivity index (χ1) is 8.25. The second kappa shape index (κ2) is 4.16. The first-order valence-corrected chi connectivity index (χ1v) is 6.93. The van der Waals surface area contributed by atoms with Crippen molar-refractivity contribution in [2.24, 2.45) is 0 Å². The normalized spacial score (nSPS) is 13.7. The van der Waals surface area contributed by atoms with E-state index in [1.807, 2.05) is 17.5 Å². The van der Waals surface area contributed by atoms with Crippen LogP contribution in [-0.4, -0.2) is 19.0 Å². The van der Waals surface area contributed by atoms with Gasteiger partial charge >= 0.3 is 0 Å². The molecule has 3 nitrogen and oxygen atoms in total. The number of ketones is 1. The Hall–Kier alpha value is -1.33. The van der Waals surface area contributed by atoms with Crippen LogP contribution >= 0.6 is 22.7 Å². The van der Waals surface area contributed by atoms with Gasteiger partial charge < -0.3 is 9.47 Å². The maximum Gasteiger partial charge on any atom is 0.180 e. The maximum absolute atomic E-state index is 11.3. The van der Waals surface area contributed by atoms with E-state index >= 15 is 0 Å². The zero-order valence-electron chi connectivity index (χ0n) is 9.19. The first-order valence-electron chi connectivity index (χ1n) is 5.24. The molecule has 0 atom stereocenters. The molecule has 0 N–H and O–H groups in total. The highest BCUT2D eigenvalue weighted by Gasteiger charge is 2.21. The summed E-state index contributed by atoms with van der Waals surface area (Å²) in [4.78, 5) is 14.2. The molecule has 0 fully saturated rings. The minimum atomic E-state index is 0.101. The molecule has 0 aliphatic carbocycles. The molecular weight excluding hydrogens is 256 g/mol. The Balaban J connectivity index is 2.03. The molecule has 2 aromatic heterocycles. The van der Waals surface area contributed by atoms with E-state index in [4.69, 9.17) is 9.47 Å². The van der Waals surface area contributed by atoms with E-state index in [0.29, 0.717) is 13.2 Å². The van der Waals surface area contributed by atoms with E-state index in [1.165, 1.54) is 11.3 Å². The number of fused-ring (bicyclic) bond motifs is 1. The third kappa shape index (κ3) is 1.85. The van der Waals surface area contributed by atoms with Crippen LogP contribution < -0.4 is 9.47 Å². The van der Waals surface area contributed by atoms with Gasteiger partial charge in [0.2, 0.25) is 0 Å². The summed E-state index contributed by atoms with van der Waals surface area (Å²) in [6, 6.07) is 3.82. The van der Waals surface area contributed by atoms with Gasteiger partial charge in [0, 0.05) is 10.3 Å². The number of rotatable bonds is 2. The number of thiophene rings is 2. The lowest BCUT2D eigenvalue weighted by Gasteiger charge is -2.15. The smallest absolute Gasteiger partial charge is 0.180 e. The van der Waals surface area contributed by atoms with Crippen molar-refractivity contribution >= 4 is 28.5 Å². The first kappa shape index (κ1) is 10.8. The van der Waals surface area contributed by atoms with Crippen LogP contribution in [0.5, 0.6) is 11.5 Å². The van der Waals surface area contributed by atoms with E-state index < -0.39 is 0 Å². The number of carbonyl (C=O) groups is 1. The zero-order valence-corrected chi connectivity index (χ0v) is 10.8. The molecule has 1 aliphatic heterocycles. The Bertz CT molecular complexity index is 568. The van der Waals surface area contributed by atoms with Crippen molar-refractivity contribution in [1.82, 2.24) is 0 Å². The van der Waals surface area contributed by atoms with Crippen LogP contribution in [0.25, 0.3) is 9.75 Å². The number of carbonyl (C=O) groups excluding carboxylic acids is 1. The molecule has 0 aromatic carbocycles. The summed E-state index contributed by atoms with van der Waals surface area (Å²) in [6.07, 6.45) is 0. The van der Waals surface area contributed by atoms with E-state index in [0.717, 1.165) is 26.1 Å². The van der Waals surface area contributed by atoms with Gasteiger partial charge in [-0.15, -0.1) is 22.7 Å². The molecule has 0 unspecified atom stereocenters. The summed E-state index contributed by atoms with van der Waals surface area (Å²) >= 11 is 3.09. The van der Waals surface area contributed by atoms with Crippen molar-refractivity contribution in [2.45, 2.75) is 6.92 Å². The Morgan fingerprint density at radius 3 is 2.88 bits per heavy atom. The predicted molar refractivity (Wildman–Crippen MR) is 68.6 cm³/mol. The maximum atomic E-state index is 11.3. The Labute approximate surface area is 107 Å². The molecule has 1 aliphatic rings. The van der Waals surface area contributed by atoms with E-state index in [1.54, 1.807) is 18.3 Å². The van der Waals surface area contributed by atoms with Crippen LogP contribution in [0.2, 0.25) is 0 Å². The van der Waals surface area contributed by atoms with Crippen molar-refractivity contribution in [3.05, 3.63) is 22.4 Å². The molecule has 17 heavy (non-hydrogen) atoms. The van der Waals surface area contributed by atoms with Crippen LogP contribution in [0.15, 0.2) is 17.5 Å². The van der Waals surface area contributed by atoms with Gasteiger partial charge in [0.15, 0.2) is 17.3 Å². The second-order valence-corrected chi connectivity index (χ2v) is 5.64. The standard InChI is InChI=1S/C12H10O3S2/c1-7(13)9-2-3-10(17-9)12-11-8(6-16-12)14-4-5-15-11/h2-3,6H,4-5H2,1H3. The lowest BCUT2D eigenvalue weighted by molar-refractivity contribution is 0.102. The molecule has 0 spiro atoms. The highest BCUT2D eigenvalue weighted by atomic mass is 32.1. The van der Waals surface area contributed by atoms with Gasteiger partial charge in [-0.05, 0) is 19.1 Å². The third-order valence-electron chi connectivity index (χ3n) is 2.48. The molecule has 5 heteroatoms. The van der Waals surface area contributed by atoms with Crippen molar-refractivity contribution < 1.29 is 14.3 Å². The molecule has 0 bridgehead atoms. The highest BCUT2D eigenvalue weighted by Crippen LogP contribution is 2.47. The zero-order chi connectivity index (χ0) is 11.8. The number of hydrogen-bond acceptors (Lipinski definition) is 5. The summed E-state index contributed by atoms with van der Waals surface area (Å²) in [6.45, 7) is 2.77. The third-order valence-corrected chi connectivity index (χ3v) is 4.78. The summed E-state index contributed by atoms with van der Waals surface area (Å²) in [5, 5.41) is 1.96. The molecule has 0 saturated heterocycles. The molecule has 0 radical (unpaired) electrons. The minimum Gasteiger partial charge on any atom is -0.485 e. The van der Waals surface area contributed by atoms with Gasteiger partial charge in [0.05, 0.1) is 9.75 Å². The fourth-order valence-electron chi connectivity index (χ4n) is 1.68. The van der Waals surface area contributed by atoms with Crippen molar-refractivity contribution in [2.75, 3.05) is 13.2 Å². The average molecular weight is 266 g/mol. The van der Waals surface area contributed by atoms with Gasteiger partial charge in [-0.1, -0.05) is 0 Å². The fourth-order valence-corrected chi connectivity index (χ4v) is 3.64. The van der Waals surface area contributed by atoms with Gasteiger partial charge in [0.1, 0.15) is 13.2 Å². The molecule has 2 aromatic rings. The lowest BCUT2D eigenvalue weighted by atomic mass is 10.3. The van der Waals surface area contributed by atoms with Crippen LogP contribution in [0, 0.1) is 0 Å². The van der Waals surface area contributed by atoms with Gasteiger partial charge in [-0.3, -0.25) is 4.79 Å². The monoisotopic (exact) mass is 266 g/mol. The van der Waals surface area contributed by atoms with Gasteiger partial charge in [-0.2, -0.15) is 0 Å². The van der Waals surface area contributed by atoms with E-state index in [9.17, 15) is 4.79 Å². The Kier molecular flexibility index (Phi) is 2.64. The van der Waals surface area contributed by atoms with Crippen molar-refractivity contribution in [1.29, 1.82) is 0 Å². The van der Waals surface area contributed by atoms with E-state index in [2.05, 4.69) is 0 Å². The fraction of sp³-hybridized carbons (Fsp3) is 0.250. The van der Waals surface area contributed by atoms with Gasteiger partial charge in [0.25, 0.3) is 0 Å². The number of ether oxygens (including phenoxy) is 2. The van der Waals surface area contributed by atoms with Crippen molar-refractivity contribution in [3.63, 3.8) is 0 Å². The molecule has 0 amide bonds. The highest BCUT2D eigenvalue weighted by molar-refractivity contribution is 7.22. The molecule has 3 rings (SSSR count). The largest absolute Gasteiger partial charge is 0.485 e. The van der Waals surface area contributed by atoms with Crippen LogP contribution in [0.1, 0.15) is 16.6 Å². The molecule has 0 saturated carbocycles. The summed E-state index contributed by atoms with van der Waals surface area (Å²) < 4.78 is 11.1. The quantitative estimate of drug-likeness (QED) is 0.781. The SMILES string of the molecule is CC(=O)c1ccc(-c2scc3c2OCCO3)s1. The molecule has 88 valence electrons. The number of Topliss-reactive ketones (excluding diaryl/α,β-unsaturated/α-hetero) is 1. The van der Waals surface area contributed by atoms with E-state index in [-0.39, 0.29) is 5.78 Å². The summed E-state index contributed by atoms with van der Waals surface area (Å²) in [5.74, 6) is 1.73. The average Bonchev–Trinajstić information content (AvgIpc) is 2.95. The summed E-state index contributed by atoms with van der Waals surface area (Å²) in [7, 11) is 0. The Morgan fingerprint density at radius 1 is 1.29 bits per heavy atom. The molecule has 3 heterocycles. The Morgan fingerprint density at radius 2 is 2.12 bits per heavy atom. The van der Waals surface area contributed by atoms with Gasteiger partial charge in [-0.25, -0.2) is 0 Å². The molecular formula is C12H10O3S2. The second-order valence-electron chi connectivity index (χ2n) is 3.68. The van der Waals surface area contributed by atoms with Crippen LogP contribution in [0.3, 0.4) is 0 Å². The van der Waals surface area contributed by atoms with Crippen molar-refractivity contribution in [3.8, 4) is 21.3 Å². The topological polar surface area (TPSA) is 35.5 Å². The predicted octanol–water partition coefficient (Wildman–Crippen LogP) is 3.45. The lowest BCUT2D eigenvalue weighted by Crippen LogP contribution is -2.14.